The number of rotatable bonds is 6. The number of sulfonamides is 1. The third-order valence-electron chi connectivity index (χ3n) is 4.69. The number of aromatic nitrogens is 1. The highest BCUT2D eigenvalue weighted by Crippen LogP contribution is 2.47. The van der Waals surface area contributed by atoms with Crippen molar-refractivity contribution in [2.75, 3.05) is 17.7 Å². The van der Waals surface area contributed by atoms with Crippen molar-refractivity contribution < 1.29 is 17.6 Å². The van der Waals surface area contributed by atoms with E-state index in [9.17, 15) is 17.6 Å². The Balaban J connectivity index is 1.69. The van der Waals surface area contributed by atoms with Gasteiger partial charge in [-0.2, -0.15) is 0 Å². The summed E-state index contributed by atoms with van der Waals surface area (Å²) in [7, 11) is -3.68. The quantitative estimate of drug-likeness (QED) is 0.465. The summed E-state index contributed by atoms with van der Waals surface area (Å²) in [5.74, 6) is -0.977. The third-order valence-corrected chi connectivity index (χ3v) is 7.61. The molecule has 0 saturated heterocycles. The number of hydrogen-bond donors (Lipinski definition) is 1. The number of allylic oxidation sites excluding steroid dienone is 2. The van der Waals surface area contributed by atoms with Gasteiger partial charge in [0.1, 0.15) is 17.4 Å². The largest absolute Gasteiger partial charge is 0.325 e. The zero-order valence-corrected chi connectivity index (χ0v) is 20.8. The second-order valence-corrected chi connectivity index (χ2v) is 11.6. The van der Waals surface area contributed by atoms with Crippen molar-refractivity contribution in [3.05, 3.63) is 68.9 Å². The van der Waals surface area contributed by atoms with Crippen molar-refractivity contribution in [3.63, 3.8) is 0 Å². The molecule has 0 spiro atoms. The van der Waals surface area contributed by atoms with E-state index in [0.717, 1.165) is 37.1 Å². The first-order valence-electron chi connectivity index (χ1n) is 9.85. The monoisotopic (exact) mass is 523 g/mol. The first kappa shape index (κ1) is 23.7. The lowest BCUT2D eigenvalue weighted by Gasteiger charge is -2.20. The molecule has 33 heavy (non-hydrogen) atoms. The predicted molar refractivity (Wildman–Crippen MR) is 134 cm³/mol. The predicted octanol–water partition coefficient (Wildman–Crippen LogP) is 5.41. The number of anilines is 1. The molecule has 0 bridgehead atoms. The maximum Gasteiger partial charge on any atom is 0.253 e. The lowest BCUT2D eigenvalue weighted by molar-refractivity contribution is -0.117. The molecule has 0 unspecified atom stereocenters. The Kier molecular flexibility index (Phi) is 6.81. The summed E-state index contributed by atoms with van der Waals surface area (Å²) < 4.78 is 39.4. The molecule has 4 rings (SSSR count). The first-order valence-corrected chi connectivity index (χ1v) is 13.8. The molecule has 1 amide bonds. The van der Waals surface area contributed by atoms with Gasteiger partial charge in [0.05, 0.1) is 27.2 Å². The summed E-state index contributed by atoms with van der Waals surface area (Å²) in [6.07, 6.45) is 5.50. The summed E-state index contributed by atoms with van der Waals surface area (Å²) in [5.41, 5.74) is 2.28. The van der Waals surface area contributed by atoms with Crippen molar-refractivity contribution in [1.29, 1.82) is 0 Å². The molecule has 2 heterocycles. The lowest BCUT2D eigenvalue weighted by atomic mass is 10.2. The van der Waals surface area contributed by atoms with E-state index in [1.807, 2.05) is 29.9 Å². The maximum absolute atomic E-state index is 13.5. The Morgan fingerprint density at radius 1 is 1.27 bits per heavy atom. The van der Waals surface area contributed by atoms with E-state index < -0.39 is 15.9 Å². The maximum atomic E-state index is 13.5. The molecule has 0 aliphatic carbocycles. The second-order valence-electron chi connectivity index (χ2n) is 7.32. The number of benzene rings is 2. The van der Waals surface area contributed by atoms with Gasteiger partial charge in [-0.05, 0) is 54.5 Å². The molecular formula is C22H19ClFN3O3S3. The molecule has 11 heteroatoms. The number of amides is 1. The molecule has 1 N–H and O–H groups in total. The summed E-state index contributed by atoms with van der Waals surface area (Å²) in [4.78, 5) is 19.5. The Labute approximate surface area is 204 Å². The minimum Gasteiger partial charge on any atom is -0.325 e. The fourth-order valence-electron chi connectivity index (χ4n) is 3.27. The standard InChI is InChI=1S/C22H19ClFN3O3S3/c1-3-13(8-21-25-16-11-15(24)5-7-18(16)31-21)9-22-27(12-20(28)26-33(2,29)30)17-10-14(23)4-6-19(17)32-22/h4-11H,3,12H2,1-2H3,(H,26,28)/b13-8+,22-9-. The lowest BCUT2D eigenvalue weighted by Crippen LogP contribution is -2.38. The second kappa shape index (κ2) is 9.46. The van der Waals surface area contributed by atoms with Crippen LogP contribution in [0.5, 0.6) is 0 Å². The first-order chi connectivity index (χ1) is 15.6. The summed E-state index contributed by atoms with van der Waals surface area (Å²) in [6, 6.07) is 9.90. The molecule has 0 radical (unpaired) electrons. The molecule has 6 nitrogen and oxygen atoms in total. The molecule has 172 valence electrons. The highest BCUT2D eigenvalue weighted by atomic mass is 35.5. The van der Waals surface area contributed by atoms with Gasteiger partial charge in [-0.3, -0.25) is 9.52 Å². The van der Waals surface area contributed by atoms with Gasteiger partial charge >= 0.3 is 0 Å². The van der Waals surface area contributed by atoms with Crippen LogP contribution < -0.4 is 9.62 Å². The number of carbonyl (C=O) groups excluding carboxylic acids is 1. The van der Waals surface area contributed by atoms with Gasteiger partial charge in [-0.1, -0.05) is 30.3 Å². The van der Waals surface area contributed by atoms with E-state index in [-0.39, 0.29) is 12.4 Å². The average molecular weight is 524 g/mol. The molecule has 1 aliphatic heterocycles. The summed E-state index contributed by atoms with van der Waals surface area (Å²) in [5, 5.41) is 2.02. The number of hydrogen-bond acceptors (Lipinski definition) is 7. The van der Waals surface area contributed by atoms with Crippen molar-refractivity contribution in [2.24, 2.45) is 0 Å². The van der Waals surface area contributed by atoms with Crippen LogP contribution in [0.25, 0.3) is 16.3 Å². The normalized spacial score (nSPS) is 15.3. The van der Waals surface area contributed by atoms with Crippen LogP contribution in [0.15, 0.2) is 58.0 Å². The van der Waals surface area contributed by atoms with E-state index in [2.05, 4.69) is 4.98 Å². The third kappa shape index (κ3) is 5.75. The van der Waals surface area contributed by atoms with Crippen LogP contribution in [0.4, 0.5) is 10.1 Å². The number of nitrogens with zero attached hydrogens (tertiary/aromatic N) is 2. The summed E-state index contributed by atoms with van der Waals surface area (Å²) in [6.45, 7) is 1.82. The number of halogens is 2. The number of thioether (sulfide) groups is 1. The number of thiazole rings is 1. The van der Waals surface area contributed by atoms with Crippen molar-refractivity contribution in [3.8, 4) is 0 Å². The number of nitrogens with one attached hydrogen (secondary N) is 1. The molecule has 0 fully saturated rings. The van der Waals surface area contributed by atoms with Gasteiger partial charge in [-0.15, -0.1) is 11.3 Å². The minimum atomic E-state index is -3.68. The Morgan fingerprint density at radius 3 is 2.79 bits per heavy atom. The smallest absolute Gasteiger partial charge is 0.253 e. The van der Waals surface area contributed by atoms with Crippen LogP contribution in [-0.2, 0) is 14.8 Å². The van der Waals surface area contributed by atoms with Crippen LogP contribution in [0.2, 0.25) is 5.02 Å². The van der Waals surface area contributed by atoms with Crippen molar-refractivity contribution >= 4 is 72.6 Å². The van der Waals surface area contributed by atoms with Crippen LogP contribution in [0.3, 0.4) is 0 Å². The van der Waals surface area contributed by atoms with E-state index in [1.54, 1.807) is 23.1 Å². The van der Waals surface area contributed by atoms with E-state index in [4.69, 9.17) is 11.6 Å². The topological polar surface area (TPSA) is 79.4 Å². The molecule has 1 aromatic heterocycles. The molecule has 0 atom stereocenters. The average Bonchev–Trinajstić information content (AvgIpc) is 3.26. The molecule has 2 aromatic carbocycles. The Hall–Kier alpha value is -2.40. The zero-order chi connectivity index (χ0) is 23.8. The van der Waals surface area contributed by atoms with Gasteiger partial charge in [0, 0.05) is 16.0 Å². The van der Waals surface area contributed by atoms with Gasteiger partial charge in [0.25, 0.3) is 5.91 Å². The van der Waals surface area contributed by atoms with Gasteiger partial charge < -0.3 is 4.90 Å². The number of fused-ring (bicyclic) bond motifs is 2. The molecule has 3 aromatic rings. The molecule has 0 saturated carbocycles. The van der Waals surface area contributed by atoms with Crippen molar-refractivity contribution in [1.82, 2.24) is 9.71 Å². The fourth-order valence-corrected chi connectivity index (χ4v) is 5.96. The Bertz CT molecular complexity index is 1420. The van der Waals surface area contributed by atoms with E-state index >= 15 is 0 Å². The van der Waals surface area contributed by atoms with Gasteiger partial charge in [-0.25, -0.2) is 17.8 Å². The summed E-state index contributed by atoms with van der Waals surface area (Å²) >= 11 is 9.10. The van der Waals surface area contributed by atoms with Crippen LogP contribution in [0.1, 0.15) is 18.4 Å². The Morgan fingerprint density at radius 2 is 2.06 bits per heavy atom. The minimum absolute atomic E-state index is 0.184. The van der Waals surface area contributed by atoms with Crippen LogP contribution in [-0.4, -0.2) is 32.1 Å². The van der Waals surface area contributed by atoms with Crippen molar-refractivity contribution in [2.45, 2.75) is 18.2 Å². The number of carbonyl (C=O) groups is 1. The highest BCUT2D eigenvalue weighted by Gasteiger charge is 2.28. The van der Waals surface area contributed by atoms with Gasteiger partial charge in [0.2, 0.25) is 10.0 Å². The van der Waals surface area contributed by atoms with Crippen LogP contribution in [0, 0.1) is 5.82 Å². The highest BCUT2D eigenvalue weighted by molar-refractivity contribution is 8.03. The molecule has 1 aliphatic rings. The van der Waals surface area contributed by atoms with E-state index in [1.165, 1.54) is 35.2 Å². The van der Waals surface area contributed by atoms with Crippen LogP contribution >= 0.6 is 34.7 Å². The fraction of sp³-hybridized carbons (Fsp3) is 0.182. The zero-order valence-electron chi connectivity index (χ0n) is 17.6. The van der Waals surface area contributed by atoms with E-state index in [0.29, 0.717) is 17.0 Å². The van der Waals surface area contributed by atoms with Gasteiger partial charge in [0.15, 0.2) is 0 Å². The SMILES string of the molecule is CCC(/C=C1\Sc2ccc(Cl)cc2N1CC(=O)NS(C)(=O)=O)=C\c1nc2cc(F)ccc2s1. The molecular weight excluding hydrogens is 505 g/mol.